The quantitative estimate of drug-likeness (QED) is 0.0252. The second-order valence-electron chi connectivity index (χ2n) is 18.8. The Kier molecular flexibility index (Phi) is 17.3. The summed E-state index contributed by atoms with van der Waals surface area (Å²) in [4.78, 5) is 20.4. The number of nitrogens with zero attached hydrogens (tertiary/aromatic N) is 1. The van der Waals surface area contributed by atoms with Crippen molar-refractivity contribution in [3.63, 3.8) is 0 Å². The van der Waals surface area contributed by atoms with E-state index >= 15 is 0 Å². The van der Waals surface area contributed by atoms with Gasteiger partial charge in [-0.1, -0.05) is 87.9 Å². The van der Waals surface area contributed by atoms with Crippen molar-refractivity contribution in [2.45, 2.75) is 127 Å². The Morgan fingerprint density at radius 2 is 1.78 bits per heavy atom. The summed E-state index contributed by atoms with van der Waals surface area (Å²) in [7, 11) is 1.81. The van der Waals surface area contributed by atoms with E-state index in [4.69, 9.17) is 5.73 Å². The number of phenols is 1. The molecule has 1 fully saturated rings. The lowest BCUT2D eigenvalue weighted by Gasteiger charge is -2.40. The number of phenolic OH excluding ortho intramolecular Hbond substituents is 1. The molecule has 2 aliphatic rings. The van der Waals surface area contributed by atoms with Crippen molar-refractivity contribution in [3.8, 4) is 22.8 Å². The Morgan fingerprint density at radius 3 is 2.51 bits per heavy atom. The van der Waals surface area contributed by atoms with Gasteiger partial charge >= 0.3 is 5.97 Å². The average molecular weight is 864 g/mol. The number of benzene rings is 2. The van der Waals surface area contributed by atoms with Gasteiger partial charge < -0.3 is 46.7 Å². The van der Waals surface area contributed by atoms with Crippen LogP contribution in [0.2, 0.25) is 0 Å². The summed E-state index contributed by atoms with van der Waals surface area (Å²) >= 11 is 0. The minimum absolute atomic E-state index is 0.0824. The van der Waals surface area contributed by atoms with Crippen LogP contribution in [-0.4, -0.2) is 72.9 Å². The number of nitrogen functional groups attached to an aromatic ring is 1. The van der Waals surface area contributed by atoms with E-state index in [1.807, 2.05) is 61.6 Å². The van der Waals surface area contributed by atoms with Crippen molar-refractivity contribution < 1.29 is 35.4 Å². The lowest BCUT2D eigenvalue weighted by Crippen LogP contribution is -2.48. The molecule has 0 saturated heterocycles. The molecule has 1 saturated carbocycles. The van der Waals surface area contributed by atoms with Crippen LogP contribution in [0.3, 0.4) is 0 Å². The fraction of sp³-hybridized carbons (Fsp3) is 0.538. The van der Waals surface area contributed by atoms with Crippen LogP contribution >= 0.6 is 0 Å². The van der Waals surface area contributed by atoms with Crippen LogP contribution in [0.25, 0.3) is 11.3 Å². The van der Waals surface area contributed by atoms with Crippen LogP contribution in [0.1, 0.15) is 113 Å². The van der Waals surface area contributed by atoms with Gasteiger partial charge in [0.05, 0.1) is 23.7 Å². The number of aliphatic hydroxyl groups excluding tert-OH is 2. The van der Waals surface area contributed by atoms with Crippen molar-refractivity contribution >= 4 is 11.8 Å². The monoisotopic (exact) mass is 864 g/mol. The van der Waals surface area contributed by atoms with E-state index in [1.54, 1.807) is 12.3 Å². The van der Waals surface area contributed by atoms with Crippen molar-refractivity contribution in [2.75, 3.05) is 19.3 Å². The Bertz CT molecular complexity index is 2070. The van der Waals surface area contributed by atoms with Gasteiger partial charge in [-0.05, 0) is 142 Å². The van der Waals surface area contributed by atoms with Gasteiger partial charge in [0.2, 0.25) is 0 Å². The maximum Gasteiger partial charge on any atom is 0.309 e. The summed E-state index contributed by atoms with van der Waals surface area (Å²) in [6.45, 7) is 2.59. The molecule has 0 unspecified atom stereocenters. The van der Waals surface area contributed by atoms with E-state index in [-0.39, 0.29) is 41.8 Å². The van der Waals surface area contributed by atoms with E-state index < -0.39 is 29.5 Å². The summed E-state index contributed by atoms with van der Waals surface area (Å²) in [5.74, 6) is -1.98. The molecule has 0 amide bonds. The highest BCUT2D eigenvalue weighted by Crippen LogP contribution is 2.49. The van der Waals surface area contributed by atoms with Gasteiger partial charge in [0.15, 0.2) is 0 Å². The standard InChI is InChI=1S/C52H72N4O7/c1-3-4-7-12-35-17-18-38(47(58)26-35)15-10-6-11-16-43(51(61)62)48(59)29-40(33-54-2)52(63)32-37(23-36-21-22-55-50(53)27-36)24-39(52)28-41-19-20-46(56-41)44-30-42(57)31-49(60)45(44)25-34-13-8-5-9-14-34/h5,8-9,13-14,17-22,27,30-31,35,37-40,43,47-48,54,56-60,63H,3-4,6-7,10-12,15-16,23-26,28-29,32-33H2,1-2H3,(H2,53,55)(H,61,62)/p-1/t35-,37-,38+,39-,40+,43+,47+,48-,52-/m1/s1. The molecule has 2 aliphatic carbocycles. The van der Waals surface area contributed by atoms with Gasteiger partial charge in [-0.2, -0.15) is 0 Å². The molecule has 0 radical (unpaired) electrons. The summed E-state index contributed by atoms with van der Waals surface area (Å²) < 4.78 is 0. The van der Waals surface area contributed by atoms with Crippen molar-refractivity contribution in [3.05, 3.63) is 107 Å². The predicted octanol–water partition coefficient (Wildman–Crippen LogP) is 7.94. The number of aromatic nitrogens is 2. The molecule has 11 heteroatoms. The molecule has 2 aromatic carbocycles. The van der Waals surface area contributed by atoms with Gasteiger partial charge in [0, 0.05) is 41.5 Å². The third kappa shape index (κ3) is 13.0. The van der Waals surface area contributed by atoms with E-state index in [1.165, 1.54) is 25.3 Å². The minimum Gasteiger partial charge on any atom is -0.872 e. The highest BCUT2D eigenvalue weighted by molar-refractivity contribution is 5.71. The van der Waals surface area contributed by atoms with Crippen LogP contribution in [0.15, 0.2) is 85.1 Å². The molecule has 9 N–H and O–H groups in total. The number of pyridine rings is 1. The first-order chi connectivity index (χ1) is 30.4. The number of allylic oxidation sites excluding steroid dienone is 1. The number of aromatic hydroxyl groups is 1. The molecule has 63 heavy (non-hydrogen) atoms. The first-order valence-electron chi connectivity index (χ1n) is 23.5. The van der Waals surface area contributed by atoms with Crippen LogP contribution in [0, 0.1) is 35.5 Å². The van der Waals surface area contributed by atoms with Crippen molar-refractivity contribution in [1.29, 1.82) is 0 Å². The van der Waals surface area contributed by atoms with Crippen LogP contribution in [-0.2, 0) is 24.1 Å². The number of aliphatic hydroxyl groups is 3. The number of nitrogens with two attached hydrogens (primary N) is 1. The molecule has 2 heterocycles. The minimum atomic E-state index is -1.25. The smallest absolute Gasteiger partial charge is 0.309 e. The fourth-order valence-corrected chi connectivity index (χ4v) is 10.7. The molecular formula is C52H71N4O7-. The molecule has 342 valence electrons. The predicted molar refractivity (Wildman–Crippen MR) is 247 cm³/mol. The molecule has 6 rings (SSSR count). The van der Waals surface area contributed by atoms with Crippen molar-refractivity contribution in [2.24, 2.45) is 35.5 Å². The zero-order valence-electron chi connectivity index (χ0n) is 37.3. The SMILES string of the molecule is CCCCC[C@@H]1C=C[C@H](CCCCC[C@H](C(=O)O)[C@H](O)C[C@@H](CNC)[C@@]2(O)C[C@H](Cc3ccnc(N)c3)C[C@@H]2Cc2ccc(-c3cc(O)cc([O-])c3Cc3ccccc3)[nH]2)[C@@H](O)C1. The molecule has 0 spiro atoms. The molecule has 0 bridgehead atoms. The first kappa shape index (κ1) is 47.8. The maximum absolute atomic E-state index is 13.2. The maximum atomic E-state index is 13.2. The molecule has 2 aromatic heterocycles. The van der Waals surface area contributed by atoms with Crippen LogP contribution < -0.4 is 16.2 Å². The van der Waals surface area contributed by atoms with E-state index in [2.05, 4.69) is 34.4 Å². The second kappa shape index (κ2) is 22.8. The van der Waals surface area contributed by atoms with Gasteiger partial charge in [0.1, 0.15) is 11.6 Å². The van der Waals surface area contributed by atoms with Gasteiger partial charge in [0.25, 0.3) is 0 Å². The number of aromatic amines is 1. The Balaban J connectivity index is 1.15. The Hall–Kier alpha value is -4.68. The molecule has 11 nitrogen and oxygen atoms in total. The van der Waals surface area contributed by atoms with Crippen LogP contribution in [0.5, 0.6) is 11.5 Å². The third-order valence-corrected chi connectivity index (χ3v) is 14.1. The molecule has 4 aromatic rings. The summed E-state index contributed by atoms with van der Waals surface area (Å²) in [5.41, 5.74) is 9.55. The zero-order chi connectivity index (χ0) is 44.9. The number of aliphatic carboxylic acids is 1. The lowest BCUT2D eigenvalue weighted by molar-refractivity contribution is -0.269. The first-order valence-corrected chi connectivity index (χ1v) is 23.5. The van der Waals surface area contributed by atoms with Crippen LogP contribution in [0.4, 0.5) is 5.82 Å². The fourth-order valence-electron chi connectivity index (χ4n) is 10.7. The number of carbonyl (C=O) groups is 1. The Morgan fingerprint density at radius 1 is 0.984 bits per heavy atom. The largest absolute Gasteiger partial charge is 0.872 e. The number of anilines is 1. The summed E-state index contributed by atoms with van der Waals surface area (Å²) in [5, 5.41) is 72.9. The lowest BCUT2D eigenvalue weighted by atomic mass is 9.73. The number of H-pyrrole nitrogens is 1. The number of carboxylic acid groups (broad SMARTS) is 1. The normalized spacial score (nSPS) is 23.7. The number of rotatable bonds is 24. The van der Waals surface area contributed by atoms with Gasteiger partial charge in [-0.3, -0.25) is 4.79 Å². The number of unbranched alkanes of at least 4 members (excludes halogenated alkanes) is 4. The van der Waals surface area contributed by atoms with Crippen molar-refractivity contribution in [1.82, 2.24) is 15.3 Å². The summed E-state index contributed by atoms with van der Waals surface area (Å²) in [6.07, 6.45) is 16.5. The van der Waals surface area contributed by atoms with E-state index in [0.29, 0.717) is 80.0 Å². The number of carboxylic acids is 1. The third-order valence-electron chi connectivity index (χ3n) is 14.1. The number of nitrogens with one attached hydrogen (secondary N) is 2. The highest BCUT2D eigenvalue weighted by atomic mass is 16.4. The topological polar surface area (TPSA) is 208 Å². The van der Waals surface area contributed by atoms with E-state index in [0.717, 1.165) is 48.9 Å². The second-order valence-corrected chi connectivity index (χ2v) is 18.8. The highest BCUT2D eigenvalue weighted by Gasteiger charge is 2.51. The average Bonchev–Trinajstić information content (AvgIpc) is 3.84. The van der Waals surface area contributed by atoms with Gasteiger partial charge in [-0.15, -0.1) is 5.75 Å². The number of hydrogen-bond donors (Lipinski definition) is 8. The Labute approximate surface area is 373 Å². The molecular weight excluding hydrogens is 793 g/mol. The van der Waals surface area contributed by atoms with E-state index in [9.17, 15) is 35.4 Å². The van der Waals surface area contributed by atoms with Gasteiger partial charge in [-0.25, -0.2) is 4.98 Å². The number of hydrogen-bond acceptors (Lipinski definition) is 9. The summed E-state index contributed by atoms with van der Waals surface area (Å²) in [6, 6.07) is 20.3. The zero-order valence-corrected chi connectivity index (χ0v) is 37.3. The molecule has 9 atom stereocenters. The molecule has 0 aliphatic heterocycles.